The molecule has 5 nitrogen and oxygen atoms in total. The molecule has 34 heavy (non-hydrogen) atoms. The molecule has 0 spiro atoms. The number of carbonyl (C=O) groups is 1. The Balaban J connectivity index is 1.73. The van der Waals surface area contributed by atoms with E-state index in [4.69, 9.17) is 14.2 Å². The molecule has 0 saturated heterocycles. The smallest absolute Gasteiger partial charge is 0.344 e. The van der Waals surface area contributed by atoms with Gasteiger partial charge in [0, 0.05) is 17.4 Å². The lowest BCUT2D eigenvalue weighted by molar-refractivity contribution is -0.145. The average molecular weight is 458 g/mol. The van der Waals surface area contributed by atoms with Crippen LogP contribution in [-0.4, -0.2) is 30.9 Å². The zero-order chi connectivity index (χ0) is 24.2. The molecular weight excluding hydrogens is 426 g/mol. The SMILES string of the molecule is CCOC(=O)COc1ccc(Cn2c(-c3ccc(C)cc3)c(C)c3cc(C)ccc32)cc1OC. The maximum Gasteiger partial charge on any atom is 0.344 e. The number of ether oxygens (including phenoxy) is 3. The van der Waals surface area contributed by atoms with Gasteiger partial charge < -0.3 is 18.8 Å². The maximum atomic E-state index is 11.7. The highest BCUT2D eigenvalue weighted by molar-refractivity contribution is 5.92. The molecule has 5 heteroatoms. The maximum absolute atomic E-state index is 11.7. The van der Waals surface area contributed by atoms with Gasteiger partial charge in [-0.3, -0.25) is 0 Å². The molecule has 0 bridgehead atoms. The quantitative estimate of drug-likeness (QED) is 0.294. The van der Waals surface area contributed by atoms with E-state index in [1.807, 2.05) is 18.2 Å². The average Bonchev–Trinajstić information content (AvgIpc) is 3.09. The zero-order valence-electron chi connectivity index (χ0n) is 20.5. The standard InChI is InChI=1S/C29H31NO4/c1-6-33-28(31)18-34-26-14-10-22(16-27(26)32-5)17-30-25-13-9-20(3)15-24(25)21(4)29(30)23-11-7-19(2)8-12-23/h7-16H,6,17-18H2,1-5H3. The van der Waals surface area contributed by atoms with Gasteiger partial charge in [0.1, 0.15) is 0 Å². The van der Waals surface area contributed by atoms with Gasteiger partial charge in [-0.15, -0.1) is 0 Å². The van der Waals surface area contributed by atoms with Gasteiger partial charge in [0.25, 0.3) is 0 Å². The second kappa shape index (κ2) is 10.0. The summed E-state index contributed by atoms with van der Waals surface area (Å²) in [4.78, 5) is 11.7. The van der Waals surface area contributed by atoms with Crippen LogP contribution in [0.25, 0.3) is 22.2 Å². The molecule has 0 atom stereocenters. The van der Waals surface area contributed by atoms with Crippen molar-refractivity contribution in [2.45, 2.75) is 34.2 Å². The third-order valence-corrected chi connectivity index (χ3v) is 6.02. The van der Waals surface area contributed by atoms with E-state index in [-0.39, 0.29) is 6.61 Å². The zero-order valence-corrected chi connectivity index (χ0v) is 20.5. The molecule has 0 radical (unpaired) electrons. The molecule has 4 aromatic rings. The highest BCUT2D eigenvalue weighted by Gasteiger charge is 2.17. The summed E-state index contributed by atoms with van der Waals surface area (Å²) in [6.07, 6.45) is 0. The van der Waals surface area contributed by atoms with Crippen LogP contribution in [0.15, 0.2) is 60.7 Å². The molecule has 0 fully saturated rings. The lowest BCUT2D eigenvalue weighted by Crippen LogP contribution is -2.15. The number of methoxy groups -OCH3 is 1. The summed E-state index contributed by atoms with van der Waals surface area (Å²) in [5.41, 5.74) is 8.42. The van der Waals surface area contributed by atoms with E-state index in [0.717, 1.165) is 5.56 Å². The molecule has 0 aliphatic carbocycles. The van der Waals surface area contributed by atoms with Gasteiger partial charge in [-0.2, -0.15) is 0 Å². The predicted molar refractivity (Wildman–Crippen MR) is 136 cm³/mol. The van der Waals surface area contributed by atoms with E-state index < -0.39 is 5.97 Å². The van der Waals surface area contributed by atoms with E-state index >= 15 is 0 Å². The number of aryl methyl sites for hydroxylation is 3. The van der Waals surface area contributed by atoms with Crippen molar-refractivity contribution in [3.63, 3.8) is 0 Å². The lowest BCUT2D eigenvalue weighted by Gasteiger charge is -2.15. The number of hydrogen-bond acceptors (Lipinski definition) is 4. The van der Waals surface area contributed by atoms with Crippen LogP contribution in [-0.2, 0) is 16.1 Å². The Bertz CT molecular complexity index is 1320. The van der Waals surface area contributed by atoms with E-state index in [0.29, 0.717) is 24.7 Å². The fourth-order valence-corrected chi connectivity index (χ4v) is 4.34. The fraction of sp³-hybridized carbons (Fsp3) is 0.276. The normalized spacial score (nSPS) is 11.0. The summed E-state index contributed by atoms with van der Waals surface area (Å²) >= 11 is 0. The Labute approximate surface area is 200 Å². The molecule has 0 aliphatic heterocycles. The first kappa shape index (κ1) is 23.4. The van der Waals surface area contributed by atoms with Gasteiger partial charge in [0.2, 0.25) is 0 Å². The van der Waals surface area contributed by atoms with Crippen LogP contribution in [0.2, 0.25) is 0 Å². The highest BCUT2D eigenvalue weighted by Crippen LogP contribution is 2.36. The Morgan fingerprint density at radius 1 is 0.882 bits per heavy atom. The molecular formula is C29H31NO4. The van der Waals surface area contributed by atoms with Crippen molar-refractivity contribution < 1.29 is 19.0 Å². The van der Waals surface area contributed by atoms with Crippen LogP contribution in [0.4, 0.5) is 0 Å². The van der Waals surface area contributed by atoms with Gasteiger partial charge in [-0.05, 0) is 68.7 Å². The number of carbonyl (C=O) groups excluding carboxylic acids is 1. The Kier molecular flexibility index (Phi) is 6.92. The van der Waals surface area contributed by atoms with Crippen molar-refractivity contribution in [1.82, 2.24) is 4.57 Å². The van der Waals surface area contributed by atoms with Gasteiger partial charge in [0.15, 0.2) is 18.1 Å². The highest BCUT2D eigenvalue weighted by atomic mass is 16.6. The van der Waals surface area contributed by atoms with Crippen molar-refractivity contribution in [2.24, 2.45) is 0 Å². The van der Waals surface area contributed by atoms with E-state index in [1.54, 1.807) is 14.0 Å². The third-order valence-electron chi connectivity index (χ3n) is 6.02. The minimum absolute atomic E-state index is 0.151. The number of rotatable bonds is 8. The molecule has 4 rings (SSSR count). The van der Waals surface area contributed by atoms with Crippen molar-refractivity contribution in [3.05, 3.63) is 82.9 Å². The summed E-state index contributed by atoms with van der Waals surface area (Å²) in [6, 6.07) is 21.1. The number of hydrogen-bond donors (Lipinski definition) is 0. The summed E-state index contributed by atoms with van der Waals surface area (Å²) in [5, 5.41) is 1.26. The summed E-state index contributed by atoms with van der Waals surface area (Å²) in [6.45, 7) is 9.04. The van der Waals surface area contributed by atoms with Crippen molar-refractivity contribution in [2.75, 3.05) is 20.3 Å². The molecule has 176 valence electrons. The van der Waals surface area contributed by atoms with Crippen LogP contribution in [0.3, 0.4) is 0 Å². The number of aromatic nitrogens is 1. The van der Waals surface area contributed by atoms with Crippen LogP contribution in [0.1, 0.15) is 29.2 Å². The molecule has 0 N–H and O–H groups in total. The fourth-order valence-electron chi connectivity index (χ4n) is 4.34. The molecule has 1 heterocycles. The number of nitrogens with zero attached hydrogens (tertiary/aromatic N) is 1. The second-order valence-corrected chi connectivity index (χ2v) is 8.53. The molecule has 0 saturated carbocycles. The minimum Gasteiger partial charge on any atom is -0.493 e. The summed E-state index contributed by atoms with van der Waals surface area (Å²) in [5.74, 6) is 0.700. The van der Waals surface area contributed by atoms with Crippen LogP contribution < -0.4 is 9.47 Å². The summed E-state index contributed by atoms with van der Waals surface area (Å²) < 4.78 is 18.5. The third kappa shape index (κ3) is 4.79. The van der Waals surface area contributed by atoms with E-state index in [9.17, 15) is 4.79 Å². The van der Waals surface area contributed by atoms with E-state index in [1.165, 1.54) is 38.9 Å². The number of esters is 1. The van der Waals surface area contributed by atoms with Crippen LogP contribution >= 0.6 is 0 Å². The molecule has 0 unspecified atom stereocenters. The predicted octanol–water partition coefficient (Wildman–Crippen LogP) is 6.23. The van der Waals surface area contributed by atoms with Crippen molar-refractivity contribution in [1.29, 1.82) is 0 Å². The topological polar surface area (TPSA) is 49.7 Å². The molecule has 0 aliphatic rings. The van der Waals surface area contributed by atoms with E-state index in [2.05, 4.69) is 67.8 Å². The van der Waals surface area contributed by atoms with Crippen molar-refractivity contribution >= 4 is 16.9 Å². The Morgan fingerprint density at radius 3 is 2.32 bits per heavy atom. The first-order valence-electron chi connectivity index (χ1n) is 11.5. The number of benzene rings is 3. The Hall–Kier alpha value is -3.73. The van der Waals surface area contributed by atoms with Crippen LogP contribution in [0.5, 0.6) is 11.5 Å². The Morgan fingerprint density at radius 2 is 1.62 bits per heavy atom. The molecule has 0 amide bonds. The van der Waals surface area contributed by atoms with Gasteiger partial charge >= 0.3 is 5.97 Å². The molecule has 1 aromatic heterocycles. The van der Waals surface area contributed by atoms with Gasteiger partial charge in [-0.1, -0.05) is 47.5 Å². The summed E-state index contributed by atoms with van der Waals surface area (Å²) in [7, 11) is 1.60. The first-order chi connectivity index (χ1) is 16.4. The second-order valence-electron chi connectivity index (χ2n) is 8.53. The minimum atomic E-state index is -0.402. The molecule has 3 aromatic carbocycles. The van der Waals surface area contributed by atoms with Gasteiger partial charge in [-0.25, -0.2) is 4.79 Å². The first-order valence-corrected chi connectivity index (χ1v) is 11.5. The van der Waals surface area contributed by atoms with Crippen molar-refractivity contribution in [3.8, 4) is 22.8 Å². The van der Waals surface area contributed by atoms with Crippen LogP contribution in [0, 0.1) is 20.8 Å². The largest absolute Gasteiger partial charge is 0.493 e. The number of fused-ring (bicyclic) bond motifs is 1. The lowest BCUT2D eigenvalue weighted by atomic mass is 10.0. The van der Waals surface area contributed by atoms with Gasteiger partial charge in [0.05, 0.1) is 19.4 Å². The monoisotopic (exact) mass is 457 g/mol.